The van der Waals surface area contributed by atoms with Crippen LogP contribution in [-0.4, -0.2) is 52.8 Å². The summed E-state index contributed by atoms with van der Waals surface area (Å²) in [4.78, 5) is 0. The first kappa shape index (κ1) is 19.1. The van der Waals surface area contributed by atoms with E-state index >= 15 is 0 Å². The highest BCUT2D eigenvalue weighted by atomic mass is 32.2. The minimum absolute atomic E-state index is 0.0140. The lowest BCUT2D eigenvalue weighted by molar-refractivity contribution is 0.410. The SMILES string of the molecule is CCS(=O)(=O)NCCN(CCCc1ccccc1)S(C)(=O)=O. The molecule has 0 bridgehead atoms. The molecule has 0 aliphatic carbocycles. The van der Waals surface area contributed by atoms with Crippen molar-refractivity contribution in [1.82, 2.24) is 9.03 Å². The molecule has 22 heavy (non-hydrogen) atoms. The van der Waals surface area contributed by atoms with Gasteiger partial charge in [-0.05, 0) is 25.3 Å². The van der Waals surface area contributed by atoms with Crippen molar-refractivity contribution in [1.29, 1.82) is 0 Å². The number of nitrogens with zero attached hydrogens (tertiary/aromatic N) is 1. The molecule has 8 heteroatoms. The quantitative estimate of drug-likeness (QED) is 0.678. The number of hydrogen-bond donors (Lipinski definition) is 1. The lowest BCUT2D eigenvalue weighted by atomic mass is 10.1. The molecule has 0 saturated heterocycles. The Kier molecular flexibility index (Phi) is 7.47. The van der Waals surface area contributed by atoms with Gasteiger partial charge in [0, 0.05) is 19.6 Å². The van der Waals surface area contributed by atoms with Crippen LogP contribution in [0.15, 0.2) is 30.3 Å². The largest absolute Gasteiger partial charge is 0.214 e. The van der Waals surface area contributed by atoms with Crippen molar-refractivity contribution < 1.29 is 16.8 Å². The van der Waals surface area contributed by atoms with Crippen molar-refractivity contribution in [2.45, 2.75) is 19.8 Å². The Hall–Kier alpha value is -0.960. The highest BCUT2D eigenvalue weighted by molar-refractivity contribution is 7.89. The van der Waals surface area contributed by atoms with Gasteiger partial charge in [-0.3, -0.25) is 0 Å². The van der Waals surface area contributed by atoms with E-state index in [-0.39, 0.29) is 18.8 Å². The molecule has 0 atom stereocenters. The summed E-state index contributed by atoms with van der Waals surface area (Å²) in [6.45, 7) is 2.15. The van der Waals surface area contributed by atoms with E-state index in [1.54, 1.807) is 0 Å². The molecule has 1 N–H and O–H groups in total. The van der Waals surface area contributed by atoms with Crippen molar-refractivity contribution in [2.75, 3.05) is 31.6 Å². The molecule has 0 amide bonds. The fourth-order valence-corrected chi connectivity index (χ4v) is 3.47. The van der Waals surface area contributed by atoms with E-state index in [0.29, 0.717) is 13.0 Å². The number of benzene rings is 1. The summed E-state index contributed by atoms with van der Waals surface area (Å²) < 4.78 is 49.9. The molecule has 0 radical (unpaired) electrons. The van der Waals surface area contributed by atoms with Gasteiger partial charge in [-0.2, -0.15) is 0 Å². The van der Waals surface area contributed by atoms with Crippen LogP contribution in [0.25, 0.3) is 0 Å². The highest BCUT2D eigenvalue weighted by Gasteiger charge is 2.16. The second-order valence-corrected chi connectivity index (χ2v) is 9.13. The van der Waals surface area contributed by atoms with Crippen molar-refractivity contribution in [3.05, 3.63) is 35.9 Å². The van der Waals surface area contributed by atoms with Gasteiger partial charge >= 0.3 is 0 Å². The zero-order valence-electron chi connectivity index (χ0n) is 13.0. The summed E-state index contributed by atoms with van der Waals surface area (Å²) in [6, 6.07) is 9.83. The number of sulfonamides is 2. The number of rotatable bonds is 10. The monoisotopic (exact) mass is 348 g/mol. The molecule has 0 heterocycles. The van der Waals surface area contributed by atoms with E-state index < -0.39 is 20.0 Å². The molecule has 1 aromatic carbocycles. The number of aryl methyl sites for hydroxylation is 1. The van der Waals surface area contributed by atoms with Crippen molar-refractivity contribution in [3.63, 3.8) is 0 Å². The first-order chi connectivity index (χ1) is 10.2. The molecular formula is C14H24N2O4S2. The molecule has 6 nitrogen and oxygen atoms in total. The van der Waals surface area contributed by atoms with E-state index in [2.05, 4.69) is 4.72 Å². The van der Waals surface area contributed by atoms with Gasteiger partial charge in [0.05, 0.1) is 12.0 Å². The van der Waals surface area contributed by atoms with Gasteiger partial charge in [0.2, 0.25) is 20.0 Å². The fraction of sp³-hybridized carbons (Fsp3) is 0.571. The van der Waals surface area contributed by atoms with Crippen LogP contribution >= 0.6 is 0 Å². The maximum Gasteiger partial charge on any atom is 0.211 e. The summed E-state index contributed by atoms with van der Waals surface area (Å²) in [5.41, 5.74) is 1.16. The molecule has 0 unspecified atom stereocenters. The molecule has 0 saturated carbocycles. The average molecular weight is 348 g/mol. The molecule has 0 aromatic heterocycles. The standard InChI is InChI=1S/C14H24N2O4S2/c1-3-22(19,20)15-11-13-16(21(2,17)18)12-7-10-14-8-5-4-6-9-14/h4-6,8-9,15H,3,7,10-13H2,1-2H3. The first-order valence-electron chi connectivity index (χ1n) is 7.21. The van der Waals surface area contributed by atoms with Gasteiger partial charge in [-0.15, -0.1) is 0 Å². The normalized spacial score (nSPS) is 12.7. The summed E-state index contributed by atoms with van der Waals surface area (Å²) in [5.74, 6) is -0.0140. The van der Waals surface area contributed by atoms with Crippen molar-refractivity contribution in [2.24, 2.45) is 0 Å². The van der Waals surface area contributed by atoms with Crippen LogP contribution < -0.4 is 4.72 Å². The Bertz CT molecular complexity index is 643. The Morgan fingerprint density at radius 1 is 1.05 bits per heavy atom. The molecule has 1 rings (SSSR count). The Balaban J connectivity index is 2.48. The molecular weight excluding hydrogens is 324 g/mol. The second-order valence-electron chi connectivity index (χ2n) is 5.05. The van der Waals surface area contributed by atoms with Crippen LogP contribution in [0.4, 0.5) is 0 Å². The van der Waals surface area contributed by atoms with E-state index in [4.69, 9.17) is 0 Å². The molecule has 0 fully saturated rings. The Morgan fingerprint density at radius 2 is 1.68 bits per heavy atom. The molecule has 126 valence electrons. The summed E-state index contributed by atoms with van der Waals surface area (Å²) in [7, 11) is -6.64. The average Bonchev–Trinajstić information content (AvgIpc) is 2.45. The van der Waals surface area contributed by atoms with Gasteiger partial charge in [0.1, 0.15) is 0 Å². The topological polar surface area (TPSA) is 83.6 Å². The lowest BCUT2D eigenvalue weighted by Crippen LogP contribution is -2.39. The molecule has 0 aliphatic heterocycles. The minimum atomic E-state index is -3.35. The van der Waals surface area contributed by atoms with Crippen LogP contribution in [0, 0.1) is 0 Å². The third-order valence-corrected chi connectivity index (χ3v) is 5.96. The van der Waals surface area contributed by atoms with Crippen LogP contribution in [0.3, 0.4) is 0 Å². The van der Waals surface area contributed by atoms with Gasteiger partial charge in [-0.25, -0.2) is 25.9 Å². The minimum Gasteiger partial charge on any atom is -0.214 e. The maximum atomic E-state index is 11.7. The fourth-order valence-electron chi connectivity index (χ4n) is 1.98. The van der Waals surface area contributed by atoms with E-state index in [9.17, 15) is 16.8 Å². The smallest absolute Gasteiger partial charge is 0.211 e. The van der Waals surface area contributed by atoms with Crippen LogP contribution in [-0.2, 0) is 26.5 Å². The highest BCUT2D eigenvalue weighted by Crippen LogP contribution is 2.05. The van der Waals surface area contributed by atoms with E-state index in [1.165, 1.54) is 11.2 Å². The van der Waals surface area contributed by atoms with Crippen molar-refractivity contribution in [3.8, 4) is 0 Å². The Morgan fingerprint density at radius 3 is 2.23 bits per heavy atom. The van der Waals surface area contributed by atoms with Gasteiger partial charge in [0.15, 0.2) is 0 Å². The number of nitrogens with one attached hydrogen (secondary N) is 1. The third kappa shape index (κ3) is 7.35. The van der Waals surface area contributed by atoms with Gasteiger partial charge in [0.25, 0.3) is 0 Å². The lowest BCUT2D eigenvalue weighted by Gasteiger charge is -2.20. The molecule has 0 aliphatic rings. The van der Waals surface area contributed by atoms with Crippen LogP contribution in [0.1, 0.15) is 18.9 Å². The zero-order valence-corrected chi connectivity index (χ0v) is 14.7. The summed E-state index contributed by atoms with van der Waals surface area (Å²) in [5, 5.41) is 0. The van der Waals surface area contributed by atoms with Crippen molar-refractivity contribution >= 4 is 20.0 Å². The molecule has 0 spiro atoms. The second kappa shape index (κ2) is 8.61. The summed E-state index contributed by atoms with van der Waals surface area (Å²) in [6.07, 6.45) is 2.62. The Labute approximate surface area is 133 Å². The van der Waals surface area contributed by atoms with Gasteiger partial charge in [-0.1, -0.05) is 30.3 Å². The predicted octanol–water partition coefficient (Wildman–Crippen LogP) is 0.820. The predicted molar refractivity (Wildman–Crippen MR) is 88.6 cm³/mol. The van der Waals surface area contributed by atoms with Crippen LogP contribution in [0.5, 0.6) is 0 Å². The summed E-state index contributed by atoms with van der Waals surface area (Å²) >= 11 is 0. The molecule has 1 aromatic rings. The van der Waals surface area contributed by atoms with E-state index in [1.807, 2.05) is 30.3 Å². The van der Waals surface area contributed by atoms with Gasteiger partial charge < -0.3 is 0 Å². The third-order valence-electron chi connectivity index (χ3n) is 3.25. The first-order valence-corrected chi connectivity index (χ1v) is 10.7. The maximum absolute atomic E-state index is 11.7. The van der Waals surface area contributed by atoms with E-state index in [0.717, 1.165) is 18.2 Å². The number of hydrogen-bond acceptors (Lipinski definition) is 4. The zero-order chi connectivity index (χ0) is 16.6. The van der Waals surface area contributed by atoms with Crippen LogP contribution in [0.2, 0.25) is 0 Å².